The summed E-state index contributed by atoms with van der Waals surface area (Å²) in [7, 11) is 0. The molecule has 3 unspecified atom stereocenters. The fourth-order valence-electron chi connectivity index (χ4n) is 3.00. The number of rotatable bonds is 3. The smallest absolute Gasteiger partial charge is 0.0236 e. The molecule has 1 rings (SSSR count). The van der Waals surface area contributed by atoms with Gasteiger partial charge in [0, 0.05) is 0 Å². The summed E-state index contributed by atoms with van der Waals surface area (Å²) in [6.45, 7) is 16.8. The van der Waals surface area contributed by atoms with E-state index < -0.39 is 0 Å². The van der Waals surface area contributed by atoms with Gasteiger partial charge in [-0.2, -0.15) is 0 Å². The molecule has 0 amide bonds. The van der Waals surface area contributed by atoms with E-state index in [9.17, 15) is 0 Å². The molecule has 0 nitrogen and oxygen atoms in total. The van der Waals surface area contributed by atoms with E-state index in [-0.39, 0.29) is 0 Å². The van der Waals surface area contributed by atoms with Crippen LogP contribution in [0.2, 0.25) is 0 Å². The summed E-state index contributed by atoms with van der Waals surface area (Å²) in [5, 5.41) is 0. The monoisotopic (exact) mass is 182 g/mol. The molecule has 1 fully saturated rings. The zero-order valence-electron chi connectivity index (χ0n) is 10.4. The molecule has 0 aromatic rings. The predicted octanol–water partition coefficient (Wildman–Crippen LogP) is 4.35. The Hall–Kier alpha value is 0. The minimum atomic E-state index is 0.606. The molecule has 0 aromatic carbocycles. The summed E-state index contributed by atoms with van der Waals surface area (Å²) >= 11 is 0. The van der Waals surface area contributed by atoms with Gasteiger partial charge in [0.2, 0.25) is 0 Å². The highest BCUT2D eigenvalue weighted by Crippen LogP contribution is 2.71. The number of hydrogen-bond donors (Lipinski definition) is 0. The average molecular weight is 182 g/mol. The van der Waals surface area contributed by atoms with E-state index in [4.69, 9.17) is 0 Å². The van der Waals surface area contributed by atoms with E-state index in [1.54, 1.807) is 0 Å². The third-order valence-corrected chi connectivity index (χ3v) is 5.19. The molecule has 0 heterocycles. The zero-order valence-corrected chi connectivity index (χ0v) is 10.4. The molecule has 0 saturated heterocycles. The minimum Gasteiger partial charge on any atom is -0.0625 e. The Bertz CT molecular complexity index is 192. The van der Waals surface area contributed by atoms with Crippen LogP contribution in [-0.4, -0.2) is 0 Å². The molecule has 1 aliphatic carbocycles. The van der Waals surface area contributed by atoms with Crippen LogP contribution in [0.1, 0.15) is 54.9 Å². The van der Waals surface area contributed by atoms with Crippen LogP contribution in [0.25, 0.3) is 0 Å². The molecule has 13 heavy (non-hydrogen) atoms. The normalized spacial score (nSPS) is 41.3. The van der Waals surface area contributed by atoms with Gasteiger partial charge in [-0.25, -0.2) is 0 Å². The van der Waals surface area contributed by atoms with Gasteiger partial charge in [-0.3, -0.25) is 0 Å². The predicted molar refractivity (Wildman–Crippen MR) is 59.7 cm³/mol. The van der Waals surface area contributed by atoms with Crippen LogP contribution < -0.4 is 0 Å². The Morgan fingerprint density at radius 3 is 1.54 bits per heavy atom. The molecular formula is C13H26. The van der Waals surface area contributed by atoms with Crippen LogP contribution in [-0.2, 0) is 0 Å². The van der Waals surface area contributed by atoms with E-state index >= 15 is 0 Å². The maximum Gasteiger partial charge on any atom is -0.0236 e. The molecule has 0 aliphatic heterocycles. The highest BCUT2D eigenvalue weighted by Gasteiger charge is 2.64. The molecule has 0 aromatic heterocycles. The van der Waals surface area contributed by atoms with Gasteiger partial charge in [0.1, 0.15) is 0 Å². The molecule has 0 radical (unpaired) electrons. The third kappa shape index (κ3) is 1.43. The lowest BCUT2D eigenvalue weighted by molar-refractivity contribution is 0.182. The first-order chi connectivity index (χ1) is 5.75. The van der Waals surface area contributed by atoms with Crippen LogP contribution in [0.5, 0.6) is 0 Å². The van der Waals surface area contributed by atoms with Crippen molar-refractivity contribution in [3.63, 3.8) is 0 Å². The lowest BCUT2D eigenvalue weighted by atomic mass is 9.75. The highest BCUT2D eigenvalue weighted by molar-refractivity contribution is 5.13. The quantitative estimate of drug-likeness (QED) is 0.608. The number of hydrogen-bond acceptors (Lipinski definition) is 0. The van der Waals surface area contributed by atoms with Gasteiger partial charge in [0.15, 0.2) is 0 Å². The lowest BCUT2D eigenvalue weighted by Gasteiger charge is -2.30. The molecule has 1 saturated carbocycles. The van der Waals surface area contributed by atoms with Gasteiger partial charge >= 0.3 is 0 Å². The molecule has 0 bridgehead atoms. The Balaban J connectivity index is 2.74. The van der Waals surface area contributed by atoms with Crippen molar-refractivity contribution in [3.8, 4) is 0 Å². The highest BCUT2D eigenvalue weighted by atomic mass is 14.7. The summed E-state index contributed by atoms with van der Waals surface area (Å²) in [6, 6.07) is 0. The molecule has 0 N–H and O–H groups in total. The van der Waals surface area contributed by atoms with E-state index in [2.05, 4.69) is 48.5 Å². The average Bonchev–Trinajstić information content (AvgIpc) is 2.56. The van der Waals surface area contributed by atoms with Gasteiger partial charge in [-0.1, -0.05) is 48.5 Å². The Kier molecular flexibility index (Phi) is 2.56. The Morgan fingerprint density at radius 2 is 1.31 bits per heavy atom. The van der Waals surface area contributed by atoms with Crippen molar-refractivity contribution in [2.45, 2.75) is 54.9 Å². The first-order valence-corrected chi connectivity index (χ1v) is 5.75. The van der Waals surface area contributed by atoms with Crippen molar-refractivity contribution in [1.29, 1.82) is 0 Å². The van der Waals surface area contributed by atoms with E-state index in [0.717, 1.165) is 17.8 Å². The van der Waals surface area contributed by atoms with Crippen molar-refractivity contribution in [2.75, 3.05) is 0 Å². The fourth-order valence-corrected chi connectivity index (χ4v) is 3.00. The van der Waals surface area contributed by atoms with Crippen LogP contribution in [0.15, 0.2) is 0 Å². The van der Waals surface area contributed by atoms with Crippen LogP contribution in [0, 0.1) is 28.6 Å². The largest absolute Gasteiger partial charge is 0.0625 e. The van der Waals surface area contributed by atoms with Crippen molar-refractivity contribution < 1.29 is 0 Å². The molecule has 0 heteroatoms. The summed E-state index contributed by atoms with van der Waals surface area (Å²) in [5.74, 6) is 2.52. The van der Waals surface area contributed by atoms with E-state index in [1.165, 1.54) is 6.42 Å². The molecule has 0 spiro atoms. The van der Waals surface area contributed by atoms with Crippen molar-refractivity contribution in [3.05, 3.63) is 0 Å². The van der Waals surface area contributed by atoms with E-state index in [0.29, 0.717) is 10.8 Å². The second kappa shape index (κ2) is 3.00. The van der Waals surface area contributed by atoms with E-state index in [1.807, 2.05) is 0 Å². The molecular weight excluding hydrogens is 156 g/mol. The van der Waals surface area contributed by atoms with Gasteiger partial charge in [-0.15, -0.1) is 0 Å². The summed E-state index contributed by atoms with van der Waals surface area (Å²) < 4.78 is 0. The summed E-state index contributed by atoms with van der Waals surface area (Å²) in [6.07, 6.45) is 1.43. The third-order valence-electron chi connectivity index (χ3n) is 5.19. The second-order valence-corrected chi connectivity index (χ2v) is 6.20. The second-order valence-electron chi connectivity index (χ2n) is 6.20. The van der Waals surface area contributed by atoms with Crippen molar-refractivity contribution in [1.82, 2.24) is 0 Å². The molecule has 3 atom stereocenters. The fraction of sp³-hybridized carbons (Fsp3) is 1.00. The Morgan fingerprint density at radius 1 is 0.846 bits per heavy atom. The summed E-state index contributed by atoms with van der Waals surface area (Å²) in [5.41, 5.74) is 1.21. The van der Waals surface area contributed by atoms with Crippen LogP contribution in [0.4, 0.5) is 0 Å². The molecule has 1 aliphatic rings. The maximum atomic E-state index is 2.48. The Labute approximate surface area is 84.1 Å². The van der Waals surface area contributed by atoms with Crippen LogP contribution in [0.3, 0.4) is 0 Å². The van der Waals surface area contributed by atoms with Crippen molar-refractivity contribution >= 4 is 0 Å². The topological polar surface area (TPSA) is 0 Å². The maximum absolute atomic E-state index is 2.48. The van der Waals surface area contributed by atoms with Crippen molar-refractivity contribution in [2.24, 2.45) is 28.6 Å². The minimum absolute atomic E-state index is 0.606. The first-order valence-electron chi connectivity index (χ1n) is 5.75. The SMILES string of the molecule is CC(C)C(C)C1(C)CC1(C)C(C)C. The standard InChI is InChI=1S/C13H26/c1-9(2)11(5)13(7)8-12(13,6)10(3)4/h9-11H,8H2,1-7H3. The van der Waals surface area contributed by atoms with Gasteiger partial charge in [0.25, 0.3) is 0 Å². The summed E-state index contributed by atoms with van der Waals surface area (Å²) in [4.78, 5) is 0. The lowest BCUT2D eigenvalue weighted by Crippen LogP contribution is -2.24. The molecule has 78 valence electrons. The van der Waals surface area contributed by atoms with Gasteiger partial charge < -0.3 is 0 Å². The van der Waals surface area contributed by atoms with Gasteiger partial charge in [-0.05, 0) is 35.0 Å². The first kappa shape index (κ1) is 11.1. The van der Waals surface area contributed by atoms with Crippen LogP contribution >= 0.6 is 0 Å². The zero-order chi connectivity index (χ0) is 10.4. The van der Waals surface area contributed by atoms with Gasteiger partial charge in [0.05, 0.1) is 0 Å².